The van der Waals surface area contributed by atoms with Gasteiger partial charge in [0.1, 0.15) is 0 Å². The van der Waals surface area contributed by atoms with E-state index in [2.05, 4.69) is 12.2 Å². The maximum absolute atomic E-state index is 12.5. The maximum atomic E-state index is 12.5. The monoisotopic (exact) mass is 281 g/mol. The Bertz CT molecular complexity index is 362. The van der Waals surface area contributed by atoms with Crippen LogP contribution in [0.3, 0.4) is 0 Å². The van der Waals surface area contributed by atoms with Crippen LogP contribution in [0.2, 0.25) is 0 Å². The molecule has 0 bridgehead atoms. The van der Waals surface area contributed by atoms with E-state index in [-0.39, 0.29) is 23.8 Å². The SMILES string of the molecule is CC(C)C(=O)N1CCN(C(=O)C2NCCCC2C)CC1. The van der Waals surface area contributed by atoms with Crippen LogP contribution in [0, 0.1) is 11.8 Å². The van der Waals surface area contributed by atoms with Gasteiger partial charge >= 0.3 is 0 Å². The predicted molar refractivity (Wildman–Crippen MR) is 78.2 cm³/mol. The quantitative estimate of drug-likeness (QED) is 0.811. The van der Waals surface area contributed by atoms with Crippen molar-refractivity contribution in [3.05, 3.63) is 0 Å². The maximum Gasteiger partial charge on any atom is 0.240 e. The molecule has 0 aromatic heterocycles. The molecule has 20 heavy (non-hydrogen) atoms. The number of carbonyl (C=O) groups excluding carboxylic acids is 2. The van der Waals surface area contributed by atoms with Crippen molar-refractivity contribution in [2.45, 2.75) is 39.7 Å². The van der Waals surface area contributed by atoms with Crippen molar-refractivity contribution in [2.24, 2.45) is 11.8 Å². The van der Waals surface area contributed by atoms with Crippen molar-refractivity contribution in [3.8, 4) is 0 Å². The zero-order valence-electron chi connectivity index (χ0n) is 12.9. The molecule has 2 unspecified atom stereocenters. The first kappa shape index (κ1) is 15.3. The standard InChI is InChI=1S/C15H27N3O2/c1-11(2)14(19)17-7-9-18(10-8-17)15(20)13-12(3)5-4-6-16-13/h11-13,16H,4-10H2,1-3H3. The molecule has 5 nitrogen and oxygen atoms in total. The average molecular weight is 281 g/mol. The van der Waals surface area contributed by atoms with Gasteiger partial charge in [0, 0.05) is 32.1 Å². The van der Waals surface area contributed by atoms with Crippen LogP contribution in [0.1, 0.15) is 33.6 Å². The van der Waals surface area contributed by atoms with Gasteiger partial charge < -0.3 is 15.1 Å². The summed E-state index contributed by atoms with van der Waals surface area (Å²) in [6.45, 7) is 9.61. The minimum Gasteiger partial charge on any atom is -0.339 e. The molecule has 2 atom stereocenters. The van der Waals surface area contributed by atoms with Gasteiger partial charge in [-0.25, -0.2) is 0 Å². The highest BCUT2D eigenvalue weighted by molar-refractivity contribution is 5.83. The molecule has 0 aliphatic carbocycles. The van der Waals surface area contributed by atoms with E-state index in [0.717, 1.165) is 19.4 Å². The lowest BCUT2D eigenvalue weighted by Crippen LogP contribution is -2.58. The summed E-state index contributed by atoms with van der Waals surface area (Å²) in [5, 5.41) is 3.35. The van der Waals surface area contributed by atoms with Crippen molar-refractivity contribution in [3.63, 3.8) is 0 Å². The van der Waals surface area contributed by atoms with Crippen LogP contribution in [-0.2, 0) is 9.59 Å². The van der Waals surface area contributed by atoms with Crippen LogP contribution in [-0.4, -0.2) is 60.4 Å². The Hall–Kier alpha value is -1.10. The molecule has 2 amide bonds. The molecule has 2 saturated heterocycles. The number of nitrogens with zero attached hydrogens (tertiary/aromatic N) is 2. The second kappa shape index (κ2) is 6.57. The van der Waals surface area contributed by atoms with Gasteiger partial charge in [-0.2, -0.15) is 0 Å². The summed E-state index contributed by atoms with van der Waals surface area (Å²) in [4.78, 5) is 28.3. The van der Waals surface area contributed by atoms with Gasteiger partial charge in [0.05, 0.1) is 6.04 Å². The molecular weight excluding hydrogens is 254 g/mol. The van der Waals surface area contributed by atoms with E-state index in [4.69, 9.17) is 0 Å². The zero-order chi connectivity index (χ0) is 14.7. The summed E-state index contributed by atoms with van der Waals surface area (Å²) in [6, 6.07) is -0.0314. The average Bonchev–Trinajstić information content (AvgIpc) is 2.46. The fourth-order valence-electron chi connectivity index (χ4n) is 3.09. The number of hydrogen-bond acceptors (Lipinski definition) is 3. The summed E-state index contributed by atoms with van der Waals surface area (Å²) in [5.41, 5.74) is 0. The minimum absolute atomic E-state index is 0.0314. The first-order valence-corrected chi connectivity index (χ1v) is 7.81. The summed E-state index contributed by atoms with van der Waals surface area (Å²) in [7, 11) is 0. The summed E-state index contributed by atoms with van der Waals surface area (Å²) >= 11 is 0. The van der Waals surface area contributed by atoms with Crippen molar-refractivity contribution >= 4 is 11.8 Å². The highest BCUT2D eigenvalue weighted by Crippen LogP contribution is 2.18. The second-order valence-electron chi connectivity index (χ2n) is 6.36. The molecule has 2 aliphatic rings. The first-order chi connectivity index (χ1) is 9.50. The van der Waals surface area contributed by atoms with Crippen LogP contribution in [0.4, 0.5) is 0 Å². The Balaban J connectivity index is 1.87. The molecule has 5 heteroatoms. The molecule has 0 aromatic rings. The second-order valence-corrected chi connectivity index (χ2v) is 6.36. The normalized spacial score (nSPS) is 27.8. The lowest BCUT2D eigenvalue weighted by molar-refractivity contribution is -0.143. The van der Waals surface area contributed by atoms with Crippen LogP contribution >= 0.6 is 0 Å². The minimum atomic E-state index is -0.0314. The Morgan fingerprint density at radius 2 is 1.70 bits per heavy atom. The number of hydrogen-bond donors (Lipinski definition) is 1. The van der Waals surface area contributed by atoms with Gasteiger partial charge in [-0.1, -0.05) is 20.8 Å². The molecule has 0 saturated carbocycles. The van der Waals surface area contributed by atoms with Gasteiger partial charge in [-0.15, -0.1) is 0 Å². The third kappa shape index (κ3) is 3.32. The van der Waals surface area contributed by atoms with Gasteiger partial charge in [0.15, 0.2) is 0 Å². The Kier molecular flexibility index (Phi) is 5.02. The third-order valence-electron chi connectivity index (χ3n) is 4.43. The van der Waals surface area contributed by atoms with Gasteiger partial charge in [0.2, 0.25) is 11.8 Å². The van der Waals surface area contributed by atoms with Crippen molar-refractivity contribution in [2.75, 3.05) is 32.7 Å². The van der Waals surface area contributed by atoms with Crippen LogP contribution in [0.15, 0.2) is 0 Å². The summed E-state index contributed by atoms with van der Waals surface area (Å²) < 4.78 is 0. The molecule has 2 aliphatic heterocycles. The molecular formula is C15H27N3O2. The van der Waals surface area contributed by atoms with E-state index in [1.807, 2.05) is 23.6 Å². The van der Waals surface area contributed by atoms with E-state index in [9.17, 15) is 9.59 Å². The van der Waals surface area contributed by atoms with Crippen LogP contribution in [0.25, 0.3) is 0 Å². The Morgan fingerprint density at radius 1 is 1.10 bits per heavy atom. The molecule has 0 spiro atoms. The van der Waals surface area contributed by atoms with Gasteiger partial charge in [0.25, 0.3) is 0 Å². The van der Waals surface area contributed by atoms with Crippen LogP contribution in [0.5, 0.6) is 0 Å². The molecule has 2 fully saturated rings. The molecule has 2 heterocycles. The van der Waals surface area contributed by atoms with Crippen LogP contribution < -0.4 is 5.32 Å². The van der Waals surface area contributed by atoms with Crippen molar-refractivity contribution < 1.29 is 9.59 Å². The summed E-state index contributed by atoms with van der Waals surface area (Å²) in [6.07, 6.45) is 2.27. The van der Waals surface area contributed by atoms with E-state index in [1.54, 1.807) is 0 Å². The first-order valence-electron chi connectivity index (χ1n) is 7.81. The highest BCUT2D eigenvalue weighted by atomic mass is 16.2. The van der Waals surface area contributed by atoms with Gasteiger partial charge in [-0.3, -0.25) is 9.59 Å². The smallest absolute Gasteiger partial charge is 0.240 e. The molecule has 1 N–H and O–H groups in total. The fraction of sp³-hybridized carbons (Fsp3) is 0.867. The zero-order valence-corrected chi connectivity index (χ0v) is 12.9. The number of carbonyl (C=O) groups is 2. The number of nitrogens with one attached hydrogen (secondary N) is 1. The Morgan fingerprint density at radius 3 is 2.25 bits per heavy atom. The predicted octanol–water partition coefficient (Wildman–Crippen LogP) is 0.701. The lowest BCUT2D eigenvalue weighted by atomic mass is 9.91. The van der Waals surface area contributed by atoms with E-state index in [0.29, 0.717) is 32.1 Å². The van der Waals surface area contributed by atoms with Crippen molar-refractivity contribution in [1.29, 1.82) is 0 Å². The summed E-state index contributed by atoms with van der Waals surface area (Å²) in [5.74, 6) is 0.860. The Labute approximate surface area is 121 Å². The number of rotatable bonds is 2. The lowest BCUT2D eigenvalue weighted by Gasteiger charge is -2.39. The topological polar surface area (TPSA) is 52.7 Å². The highest BCUT2D eigenvalue weighted by Gasteiger charge is 2.33. The molecule has 114 valence electrons. The number of amides is 2. The third-order valence-corrected chi connectivity index (χ3v) is 4.43. The number of piperazine rings is 1. The van der Waals surface area contributed by atoms with Crippen molar-refractivity contribution in [1.82, 2.24) is 15.1 Å². The van der Waals surface area contributed by atoms with E-state index >= 15 is 0 Å². The van der Waals surface area contributed by atoms with Gasteiger partial charge in [-0.05, 0) is 25.3 Å². The fourth-order valence-corrected chi connectivity index (χ4v) is 3.09. The van der Waals surface area contributed by atoms with E-state index < -0.39 is 0 Å². The molecule has 0 aromatic carbocycles. The molecule has 2 rings (SSSR count). The molecule has 0 radical (unpaired) electrons. The number of piperidine rings is 1. The largest absolute Gasteiger partial charge is 0.339 e. The van der Waals surface area contributed by atoms with E-state index in [1.165, 1.54) is 0 Å².